The highest BCUT2D eigenvalue weighted by atomic mass is 16.3. The summed E-state index contributed by atoms with van der Waals surface area (Å²) in [6.45, 7) is 9.25. The quantitative estimate of drug-likeness (QED) is 0.158. The molecule has 1 aromatic heterocycles. The van der Waals surface area contributed by atoms with Gasteiger partial charge in [-0.3, -0.25) is 0 Å². The second-order valence-electron chi connectivity index (χ2n) is 20.4. The van der Waals surface area contributed by atoms with Gasteiger partial charge < -0.3 is 9.32 Å². The molecule has 2 nitrogen and oxygen atoms in total. The molecule has 0 fully saturated rings. The molecule has 0 saturated carbocycles. The lowest BCUT2D eigenvalue weighted by Crippen LogP contribution is -2.26. The molecule has 14 rings (SSSR count). The Morgan fingerprint density at radius 2 is 0.845 bits per heavy atom. The van der Waals surface area contributed by atoms with Crippen LogP contribution in [0.4, 0.5) is 17.1 Å². The van der Waals surface area contributed by atoms with Gasteiger partial charge in [0, 0.05) is 16.8 Å². The average Bonchev–Trinajstić information content (AvgIpc) is 4.04. The molecule has 0 amide bonds. The zero-order chi connectivity index (χ0) is 47.5. The van der Waals surface area contributed by atoms with Gasteiger partial charge in [-0.1, -0.05) is 191 Å². The van der Waals surface area contributed by atoms with Crippen LogP contribution >= 0.6 is 0 Å². The minimum absolute atomic E-state index is 0.391. The minimum atomic E-state index is -0.501. The van der Waals surface area contributed by atoms with Gasteiger partial charge in [-0.05, 0) is 172 Å². The lowest BCUT2D eigenvalue weighted by molar-refractivity contribution is 0.669. The molecule has 2 aliphatic rings. The number of hydrogen-bond donors (Lipinski definition) is 0. The number of nitrogens with zero attached hydrogens (tertiary/aromatic N) is 1. The Bertz CT molecular complexity index is 4070. The zero-order valence-corrected chi connectivity index (χ0v) is 40.4. The van der Waals surface area contributed by atoms with E-state index in [0.717, 1.165) is 39.0 Å². The molecule has 2 heteroatoms. The topological polar surface area (TPSA) is 16.4 Å². The number of anilines is 3. The van der Waals surface area contributed by atoms with Gasteiger partial charge >= 0.3 is 0 Å². The van der Waals surface area contributed by atoms with Crippen molar-refractivity contribution in [3.05, 3.63) is 258 Å². The van der Waals surface area contributed by atoms with E-state index in [1.54, 1.807) is 0 Å². The molecule has 0 atom stereocenters. The lowest BCUT2D eigenvalue weighted by Gasteiger charge is -2.33. The zero-order valence-electron chi connectivity index (χ0n) is 40.4. The Balaban J connectivity index is 0.940. The first-order valence-electron chi connectivity index (χ1n) is 25.2. The van der Waals surface area contributed by atoms with E-state index in [1.165, 1.54) is 99.4 Å². The van der Waals surface area contributed by atoms with E-state index in [2.05, 4.69) is 257 Å². The number of para-hydroxylation sites is 1. The summed E-state index contributed by atoms with van der Waals surface area (Å²) in [6.07, 6.45) is 0. The predicted molar refractivity (Wildman–Crippen MR) is 299 cm³/mol. The van der Waals surface area contributed by atoms with Crippen molar-refractivity contribution in [3.8, 4) is 44.5 Å². The van der Waals surface area contributed by atoms with Crippen molar-refractivity contribution in [1.29, 1.82) is 0 Å². The van der Waals surface area contributed by atoms with Crippen molar-refractivity contribution in [3.63, 3.8) is 0 Å². The van der Waals surface area contributed by atoms with Gasteiger partial charge in [-0.15, -0.1) is 0 Å². The molecule has 1 spiro atoms. The summed E-state index contributed by atoms with van der Waals surface area (Å²) < 4.78 is 6.58. The fourth-order valence-corrected chi connectivity index (χ4v) is 12.2. The summed E-state index contributed by atoms with van der Waals surface area (Å²) in [5, 5.41) is 7.17. The Kier molecular flexibility index (Phi) is 9.23. The molecular weight excluding hydrogens is 859 g/mol. The Hall–Kier alpha value is -8.46. The van der Waals surface area contributed by atoms with E-state index in [4.69, 9.17) is 4.42 Å². The van der Waals surface area contributed by atoms with Crippen LogP contribution in [0.3, 0.4) is 0 Å². The van der Waals surface area contributed by atoms with Crippen LogP contribution in [-0.4, -0.2) is 0 Å². The summed E-state index contributed by atoms with van der Waals surface area (Å²) >= 11 is 0. The van der Waals surface area contributed by atoms with Crippen LogP contribution < -0.4 is 4.90 Å². The van der Waals surface area contributed by atoms with Crippen LogP contribution in [0.1, 0.15) is 72.9 Å². The third kappa shape index (κ3) is 6.27. The van der Waals surface area contributed by atoms with Crippen LogP contribution in [0.2, 0.25) is 0 Å². The van der Waals surface area contributed by atoms with Gasteiger partial charge in [-0.2, -0.15) is 0 Å². The Labute approximate surface area is 415 Å². The van der Waals surface area contributed by atoms with E-state index in [9.17, 15) is 0 Å². The predicted octanol–water partition coefficient (Wildman–Crippen LogP) is 19.3. The minimum Gasteiger partial charge on any atom is -0.456 e. The number of furan rings is 1. The molecule has 0 saturated heterocycles. The van der Waals surface area contributed by atoms with Crippen LogP contribution in [0.25, 0.3) is 88.0 Å². The SMILES string of the molecule is CC(C)c1ccc2c(c1)C1(c3ccccc3-c3ccc(N(c4ccc(-c5ccc6cc(-c7ccc8ccccc8c7)ccc6c5)cc4)c4cccc5oc6ccccc6c45)cc31)c1cc(C(C)C)ccc1-2. The molecule has 11 aromatic carbocycles. The molecular formula is C69H51NO. The first-order valence-corrected chi connectivity index (χ1v) is 25.2. The normalized spacial score (nSPS) is 13.2. The highest BCUT2D eigenvalue weighted by Gasteiger charge is 2.52. The van der Waals surface area contributed by atoms with Crippen molar-refractivity contribution >= 4 is 60.5 Å². The molecule has 2 aliphatic carbocycles. The maximum absolute atomic E-state index is 6.58. The van der Waals surface area contributed by atoms with Gasteiger partial charge in [0.15, 0.2) is 0 Å². The molecule has 12 aromatic rings. The number of fused-ring (bicyclic) bond motifs is 15. The first-order chi connectivity index (χ1) is 34.8. The van der Waals surface area contributed by atoms with Crippen LogP contribution in [-0.2, 0) is 5.41 Å². The van der Waals surface area contributed by atoms with E-state index in [0.29, 0.717) is 11.8 Å². The second-order valence-corrected chi connectivity index (χ2v) is 20.4. The number of hydrogen-bond acceptors (Lipinski definition) is 2. The van der Waals surface area contributed by atoms with E-state index in [1.807, 2.05) is 0 Å². The highest BCUT2D eigenvalue weighted by molar-refractivity contribution is 6.13. The van der Waals surface area contributed by atoms with Gasteiger partial charge in [0.25, 0.3) is 0 Å². The summed E-state index contributed by atoms with van der Waals surface area (Å²) in [5.74, 6) is 0.781. The summed E-state index contributed by atoms with van der Waals surface area (Å²) in [5.41, 5.74) is 22.7. The largest absolute Gasteiger partial charge is 0.456 e. The van der Waals surface area contributed by atoms with Gasteiger partial charge in [-0.25, -0.2) is 0 Å². The first kappa shape index (κ1) is 41.5. The smallest absolute Gasteiger partial charge is 0.137 e. The molecule has 1 heterocycles. The maximum Gasteiger partial charge on any atom is 0.137 e. The van der Waals surface area contributed by atoms with E-state index in [-0.39, 0.29) is 0 Å². The summed E-state index contributed by atoms with van der Waals surface area (Å²) in [6, 6.07) is 84.1. The van der Waals surface area contributed by atoms with Crippen molar-refractivity contribution in [1.82, 2.24) is 0 Å². The van der Waals surface area contributed by atoms with Crippen LogP contribution in [0, 0.1) is 0 Å². The van der Waals surface area contributed by atoms with E-state index >= 15 is 0 Å². The van der Waals surface area contributed by atoms with Gasteiger partial charge in [0.05, 0.1) is 16.5 Å². The second kappa shape index (κ2) is 15.8. The molecule has 0 unspecified atom stereocenters. The summed E-state index contributed by atoms with van der Waals surface area (Å²) in [7, 11) is 0. The molecule has 0 aliphatic heterocycles. The van der Waals surface area contributed by atoms with Crippen molar-refractivity contribution in [2.45, 2.75) is 44.9 Å². The third-order valence-corrected chi connectivity index (χ3v) is 15.8. The van der Waals surface area contributed by atoms with Gasteiger partial charge in [0.1, 0.15) is 11.2 Å². The monoisotopic (exact) mass is 909 g/mol. The molecule has 338 valence electrons. The summed E-state index contributed by atoms with van der Waals surface area (Å²) in [4.78, 5) is 2.46. The van der Waals surface area contributed by atoms with Crippen molar-refractivity contribution in [2.24, 2.45) is 0 Å². The lowest BCUT2D eigenvalue weighted by atomic mass is 9.69. The molecule has 0 bridgehead atoms. The van der Waals surface area contributed by atoms with Crippen molar-refractivity contribution < 1.29 is 4.42 Å². The molecule has 0 N–H and O–H groups in total. The molecule has 71 heavy (non-hydrogen) atoms. The fraction of sp³-hybridized carbons (Fsp3) is 0.101. The molecule has 0 radical (unpaired) electrons. The standard InChI is InChI=1S/C69H51NO/c1-42(2)46-28-33-57-58-34-29-47(43(3)4)40-63(58)69(62(57)39-46)61-16-9-7-14-56(61)59-35-32-55(41-64(59)69)70(65-17-11-19-67-68(65)60-15-8-10-18-66(60)71-67)54-30-26-45(27-31-54)49-22-23-52-38-53(25-24-51(52)37-49)50-21-20-44-12-5-6-13-48(44)36-50/h5-43H,1-4H3. The Morgan fingerprint density at radius 3 is 1.52 bits per heavy atom. The maximum atomic E-state index is 6.58. The van der Waals surface area contributed by atoms with E-state index < -0.39 is 5.41 Å². The fourth-order valence-electron chi connectivity index (χ4n) is 12.2. The third-order valence-electron chi connectivity index (χ3n) is 15.8. The van der Waals surface area contributed by atoms with Gasteiger partial charge in [0.2, 0.25) is 0 Å². The van der Waals surface area contributed by atoms with Crippen LogP contribution in [0.15, 0.2) is 229 Å². The number of benzene rings is 11. The highest BCUT2D eigenvalue weighted by Crippen LogP contribution is 2.64. The van der Waals surface area contributed by atoms with Crippen molar-refractivity contribution in [2.75, 3.05) is 4.90 Å². The Morgan fingerprint density at radius 1 is 0.352 bits per heavy atom. The average molecular weight is 910 g/mol. The van der Waals surface area contributed by atoms with Crippen LogP contribution in [0.5, 0.6) is 0 Å². The number of rotatable bonds is 7.